The minimum Gasteiger partial charge on any atom is -0.342 e. The lowest BCUT2D eigenvalue weighted by molar-refractivity contribution is -0.139. The highest BCUT2D eigenvalue weighted by atomic mass is 35.5. The van der Waals surface area contributed by atoms with E-state index in [1.165, 1.54) is 0 Å². The molecule has 5 nitrogen and oxygen atoms in total. The van der Waals surface area contributed by atoms with Crippen LogP contribution in [-0.2, 0) is 9.59 Å². The minimum absolute atomic E-state index is 0. The third-order valence-corrected chi connectivity index (χ3v) is 6.16. The average molecular weight is 402 g/mol. The first kappa shape index (κ1) is 20.6. The van der Waals surface area contributed by atoms with E-state index in [1.54, 1.807) is 4.90 Å². The fourth-order valence-corrected chi connectivity index (χ4v) is 4.37. The third kappa shape index (κ3) is 3.61. The first-order valence-electron chi connectivity index (χ1n) is 9.69. The van der Waals surface area contributed by atoms with Gasteiger partial charge in [-0.25, -0.2) is 0 Å². The Morgan fingerprint density at radius 1 is 1.14 bits per heavy atom. The molecule has 2 N–H and O–H groups in total. The Bertz CT molecular complexity index is 893. The Hall–Kier alpha value is -2.11. The second-order valence-corrected chi connectivity index (χ2v) is 8.55. The molecule has 0 saturated carbocycles. The van der Waals surface area contributed by atoms with Gasteiger partial charge in [-0.1, -0.05) is 50.2 Å². The predicted molar refractivity (Wildman–Crippen MR) is 115 cm³/mol. The third-order valence-electron chi connectivity index (χ3n) is 6.16. The molecular weight excluding hydrogens is 374 g/mol. The monoisotopic (exact) mass is 401 g/mol. The molecule has 2 aromatic rings. The van der Waals surface area contributed by atoms with Gasteiger partial charge in [-0.05, 0) is 23.3 Å². The number of benzene rings is 2. The number of nitrogens with zero attached hydrogens (tertiary/aromatic N) is 2. The summed E-state index contributed by atoms with van der Waals surface area (Å²) in [5.74, 6) is -0.162. The Kier molecular flexibility index (Phi) is 5.69. The van der Waals surface area contributed by atoms with Crippen LogP contribution in [0.25, 0.3) is 10.8 Å². The number of hydrogen-bond acceptors (Lipinski definition) is 3. The van der Waals surface area contributed by atoms with E-state index in [0.29, 0.717) is 19.6 Å². The highest BCUT2D eigenvalue weighted by molar-refractivity contribution is 6.07. The van der Waals surface area contributed by atoms with Crippen LogP contribution in [-0.4, -0.2) is 42.4 Å². The van der Waals surface area contributed by atoms with Gasteiger partial charge < -0.3 is 15.5 Å². The molecule has 2 aliphatic rings. The lowest BCUT2D eigenvalue weighted by atomic mass is 9.79. The van der Waals surface area contributed by atoms with Crippen molar-refractivity contribution in [2.45, 2.75) is 32.7 Å². The average Bonchev–Trinajstić information content (AvgIpc) is 3.04. The van der Waals surface area contributed by atoms with Gasteiger partial charge in [-0.3, -0.25) is 9.59 Å². The Labute approximate surface area is 172 Å². The molecule has 2 saturated heterocycles. The van der Waals surface area contributed by atoms with E-state index in [0.717, 1.165) is 22.9 Å². The summed E-state index contributed by atoms with van der Waals surface area (Å²) in [5, 5.41) is 2.15. The van der Waals surface area contributed by atoms with Gasteiger partial charge in [0.05, 0.1) is 11.6 Å². The molecule has 0 radical (unpaired) electrons. The number of amides is 2. The zero-order chi connectivity index (χ0) is 19.2. The van der Waals surface area contributed by atoms with Crippen molar-refractivity contribution in [2.75, 3.05) is 24.5 Å². The van der Waals surface area contributed by atoms with E-state index >= 15 is 0 Å². The molecule has 2 fully saturated rings. The maximum absolute atomic E-state index is 13.1. The molecule has 2 atom stereocenters. The number of carbonyl (C=O) groups excluding carboxylic acids is 2. The van der Waals surface area contributed by atoms with Gasteiger partial charge in [0.2, 0.25) is 11.8 Å². The van der Waals surface area contributed by atoms with Gasteiger partial charge in [0, 0.05) is 37.5 Å². The molecule has 0 aromatic heterocycles. The summed E-state index contributed by atoms with van der Waals surface area (Å²) in [5.41, 5.74) is 7.01. The first-order valence-corrected chi connectivity index (χ1v) is 9.69. The Morgan fingerprint density at radius 2 is 1.86 bits per heavy atom. The van der Waals surface area contributed by atoms with Crippen molar-refractivity contribution in [1.29, 1.82) is 0 Å². The number of halogens is 1. The van der Waals surface area contributed by atoms with Crippen molar-refractivity contribution in [3.8, 4) is 0 Å². The van der Waals surface area contributed by atoms with Crippen molar-refractivity contribution < 1.29 is 9.59 Å². The number of piperidine rings is 1. The maximum atomic E-state index is 13.1. The van der Waals surface area contributed by atoms with Gasteiger partial charge in [0.15, 0.2) is 0 Å². The number of carbonyl (C=O) groups is 2. The number of fused-ring (bicyclic) bond motifs is 1. The van der Waals surface area contributed by atoms with Gasteiger partial charge >= 0.3 is 0 Å². The standard InChI is InChI=1S/C22H27N3O2.ClH/c1-22(2)14-24(11-10-19(22)23)21(27)16-12-20(26)25(13-16)18-9-5-7-15-6-3-4-8-17(15)18;/h3-9,16,19H,10-14,23H2,1-2H3;1H. The molecule has 2 aliphatic heterocycles. The molecule has 2 aromatic carbocycles. The van der Waals surface area contributed by atoms with Crippen molar-refractivity contribution in [1.82, 2.24) is 4.90 Å². The van der Waals surface area contributed by atoms with Gasteiger partial charge in [-0.15, -0.1) is 12.4 Å². The van der Waals surface area contributed by atoms with E-state index in [4.69, 9.17) is 5.73 Å². The van der Waals surface area contributed by atoms with E-state index in [-0.39, 0.29) is 48.0 Å². The molecule has 4 rings (SSSR count). The molecule has 2 unspecified atom stereocenters. The fourth-order valence-electron chi connectivity index (χ4n) is 4.37. The second kappa shape index (κ2) is 7.72. The van der Waals surface area contributed by atoms with E-state index in [9.17, 15) is 9.59 Å². The molecule has 0 spiro atoms. The smallest absolute Gasteiger partial charge is 0.228 e. The normalized spacial score (nSPS) is 24.3. The summed E-state index contributed by atoms with van der Waals surface area (Å²) in [6, 6.07) is 14.1. The molecule has 6 heteroatoms. The summed E-state index contributed by atoms with van der Waals surface area (Å²) < 4.78 is 0. The molecule has 2 amide bonds. The molecule has 150 valence electrons. The van der Waals surface area contributed by atoms with Crippen LogP contribution in [0.4, 0.5) is 5.69 Å². The van der Waals surface area contributed by atoms with Crippen LogP contribution < -0.4 is 10.6 Å². The maximum Gasteiger partial charge on any atom is 0.228 e. The van der Waals surface area contributed by atoms with Crippen molar-refractivity contribution in [3.05, 3.63) is 42.5 Å². The Balaban J connectivity index is 0.00000225. The first-order chi connectivity index (χ1) is 12.9. The molecule has 0 aliphatic carbocycles. The summed E-state index contributed by atoms with van der Waals surface area (Å²) in [6.45, 7) is 6.02. The SMILES string of the molecule is CC1(C)CN(C(=O)C2CC(=O)N(c3cccc4ccccc34)C2)CCC1N.Cl. The lowest BCUT2D eigenvalue weighted by Crippen LogP contribution is -2.55. The quantitative estimate of drug-likeness (QED) is 0.840. The number of likely N-dealkylation sites (tertiary alicyclic amines) is 1. The zero-order valence-electron chi connectivity index (χ0n) is 16.4. The van der Waals surface area contributed by atoms with E-state index in [2.05, 4.69) is 13.8 Å². The van der Waals surface area contributed by atoms with Crippen LogP contribution in [0.3, 0.4) is 0 Å². The van der Waals surface area contributed by atoms with Crippen LogP contribution >= 0.6 is 12.4 Å². The number of nitrogens with two attached hydrogens (primary N) is 1. The predicted octanol–water partition coefficient (Wildman–Crippen LogP) is 3.20. The van der Waals surface area contributed by atoms with Crippen LogP contribution in [0.1, 0.15) is 26.7 Å². The Morgan fingerprint density at radius 3 is 2.61 bits per heavy atom. The van der Waals surface area contributed by atoms with E-state index in [1.807, 2.05) is 47.4 Å². The highest BCUT2D eigenvalue weighted by Gasteiger charge is 2.41. The molecule has 2 heterocycles. The van der Waals surface area contributed by atoms with Gasteiger partial charge in [0.1, 0.15) is 0 Å². The van der Waals surface area contributed by atoms with Crippen LogP contribution in [0, 0.1) is 11.3 Å². The highest BCUT2D eigenvalue weighted by Crippen LogP contribution is 2.34. The number of anilines is 1. The number of hydrogen-bond donors (Lipinski definition) is 1. The molecular formula is C22H28ClN3O2. The van der Waals surface area contributed by atoms with Gasteiger partial charge in [-0.2, -0.15) is 0 Å². The fraction of sp³-hybridized carbons (Fsp3) is 0.455. The van der Waals surface area contributed by atoms with Crippen LogP contribution in [0.5, 0.6) is 0 Å². The summed E-state index contributed by atoms with van der Waals surface area (Å²) in [6.07, 6.45) is 1.09. The number of rotatable bonds is 2. The summed E-state index contributed by atoms with van der Waals surface area (Å²) in [4.78, 5) is 29.5. The summed E-state index contributed by atoms with van der Waals surface area (Å²) in [7, 11) is 0. The lowest BCUT2D eigenvalue weighted by Gasteiger charge is -2.43. The zero-order valence-corrected chi connectivity index (χ0v) is 17.2. The van der Waals surface area contributed by atoms with Crippen molar-refractivity contribution in [3.63, 3.8) is 0 Å². The molecule has 28 heavy (non-hydrogen) atoms. The largest absolute Gasteiger partial charge is 0.342 e. The topological polar surface area (TPSA) is 66.6 Å². The van der Waals surface area contributed by atoms with Crippen molar-refractivity contribution >= 4 is 40.7 Å². The van der Waals surface area contributed by atoms with Crippen molar-refractivity contribution in [2.24, 2.45) is 17.1 Å². The molecule has 0 bridgehead atoms. The van der Waals surface area contributed by atoms with E-state index < -0.39 is 0 Å². The summed E-state index contributed by atoms with van der Waals surface area (Å²) >= 11 is 0. The van der Waals surface area contributed by atoms with Crippen LogP contribution in [0.15, 0.2) is 42.5 Å². The second-order valence-electron chi connectivity index (χ2n) is 8.55. The van der Waals surface area contributed by atoms with Crippen LogP contribution in [0.2, 0.25) is 0 Å². The van der Waals surface area contributed by atoms with Gasteiger partial charge in [0.25, 0.3) is 0 Å². The minimum atomic E-state index is -0.276.